The Morgan fingerprint density at radius 3 is 2.40 bits per heavy atom. The average Bonchev–Trinajstić information content (AvgIpc) is 3.00. The quantitative estimate of drug-likeness (QED) is 0.437. The molecular formula is C17H13ClF6N4O2. The lowest BCUT2D eigenvalue weighted by Gasteiger charge is -2.30. The average molecular weight is 455 g/mol. The molecule has 1 aliphatic heterocycles. The fourth-order valence-corrected chi connectivity index (χ4v) is 3.32. The number of alkyl halides is 3. The molecule has 3 rings (SSSR count). The molecule has 1 aromatic heterocycles. The molecule has 2 aromatic rings. The first-order valence-electron chi connectivity index (χ1n) is 8.44. The van der Waals surface area contributed by atoms with Gasteiger partial charge in [0.25, 0.3) is 0 Å². The van der Waals surface area contributed by atoms with Crippen LogP contribution >= 0.6 is 11.6 Å². The summed E-state index contributed by atoms with van der Waals surface area (Å²) in [5.74, 6) is -7.31. The van der Waals surface area contributed by atoms with Crippen molar-refractivity contribution in [2.45, 2.75) is 31.7 Å². The second kappa shape index (κ2) is 7.91. The first-order chi connectivity index (χ1) is 13.9. The Balaban J connectivity index is 1.72. The van der Waals surface area contributed by atoms with E-state index in [-0.39, 0.29) is 31.4 Å². The van der Waals surface area contributed by atoms with E-state index in [9.17, 15) is 35.9 Å². The molecule has 1 aliphatic rings. The maximum atomic E-state index is 13.7. The maximum Gasteiger partial charge on any atom is 0.449 e. The zero-order valence-corrected chi connectivity index (χ0v) is 15.7. The van der Waals surface area contributed by atoms with Crippen LogP contribution in [0, 0.1) is 17.5 Å². The van der Waals surface area contributed by atoms with Crippen molar-refractivity contribution in [2.24, 2.45) is 5.73 Å². The number of aromatic nitrogens is 2. The van der Waals surface area contributed by atoms with Crippen LogP contribution in [0.3, 0.4) is 0 Å². The minimum atomic E-state index is -4.72. The number of benzene rings is 1. The standard InChI is InChI=1S/C17H13ClF6N4O2/c18-15-12-6-27(1-2-28(12)16(26-15)17(22,23)24)13(29)5-11(25)14(30)7-3-9(20)10(21)4-8(7)19/h3-4,11H,1-2,5-6,25H2/t11-/m1/s1. The summed E-state index contributed by atoms with van der Waals surface area (Å²) in [6.07, 6.45) is -5.35. The molecule has 0 saturated carbocycles. The molecular weight excluding hydrogens is 442 g/mol. The normalized spacial score (nSPS) is 15.1. The molecule has 0 bridgehead atoms. The molecule has 0 fully saturated rings. The topological polar surface area (TPSA) is 81.2 Å². The Morgan fingerprint density at radius 1 is 1.13 bits per heavy atom. The van der Waals surface area contributed by atoms with E-state index >= 15 is 0 Å². The van der Waals surface area contributed by atoms with E-state index in [1.165, 1.54) is 0 Å². The Kier molecular flexibility index (Phi) is 5.83. The van der Waals surface area contributed by atoms with Crippen molar-refractivity contribution in [3.8, 4) is 0 Å². The van der Waals surface area contributed by atoms with Crippen LogP contribution in [0.25, 0.3) is 0 Å². The van der Waals surface area contributed by atoms with Crippen molar-refractivity contribution in [3.05, 3.63) is 51.8 Å². The van der Waals surface area contributed by atoms with Crippen LogP contribution in [-0.4, -0.2) is 38.7 Å². The van der Waals surface area contributed by atoms with Crippen LogP contribution in [0.5, 0.6) is 0 Å². The van der Waals surface area contributed by atoms with E-state index < -0.39 is 64.3 Å². The van der Waals surface area contributed by atoms with Gasteiger partial charge in [0.15, 0.2) is 22.6 Å². The molecule has 1 amide bonds. The molecule has 0 saturated heterocycles. The predicted octanol–water partition coefficient (Wildman–Crippen LogP) is 2.92. The van der Waals surface area contributed by atoms with Crippen molar-refractivity contribution < 1.29 is 35.9 Å². The SMILES string of the molecule is N[C@H](CC(=O)N1CCn2c(C(F)(F)F)nc(Cl)c2C1)C(=O)c1cc(F)c(F)cc1F. The van der Waals surface area contributed by atoms with Crippen LogP contribution in [0.4, 0.5) is 26.3 Å². The van der Waals surface area contributed by atoms with E-state index in [1.54, 1.807) is 0 Å². The van der Waals surface area contributed by atoms with Gasteiger partial charge in [-0.05, 0) is 6.07 Å². The van der Waals surface area contributed by atoms with Gasteiger partial charge < -0.3 is 15.2 Å². The molecule has 1 atom stereocenters. The Labute approximate surface area is 170 Å². The number of carbonyl (C=O) groups excluding carboxylic acids is 2. The van der Waals surface area contributed by atoms with Gasteiger partial charge in [0, 0.05) is 25.6 Å². The molecule has 0 radical (unpaired) electrons. The molecule has 30 heavy (non-hydrogen) atoms. The summed E-state index contributed by atoms with van der Waals surface area (Å²) in [6.45, 7) is -0.681. The van der Waals surface area contributed by atoms with E-state index in [4.69, 9.17) is 17.3 Å². The van der Waals surface area contributed by atoms with Gasteiger partial charge in [-0.1, -0.05) is 11.6 Å². The van der Waals surface area contributed by atoms with E-state index in [0.717, 1.165) is 9.47 Å². The minimum absolute atomic E-state index is 0.0323. The number of amides is 1. The third kappa shape index (κ3) is 4.15. The highest BCUT2D eigenvalue weighted by molar-refractivity contribution is 6.30. The third-order valence-electron chi connectivity index (χ3n) is 4.57. The molecule has 1 aromatic carbocycles. The van der Waals surface area contributed by atoms with Crippen LogP contribution < -0.4 is 5.73 Å². The van der Waals surface area contributed by atoms with E-state index in [0.29, 0.717) is 6.07 Å². The van der Waals surface area contributed by atoms with Gasteiger partial charge in [-0.15, -0.1) is 0 Å². The van der Waals surface area contributed by atoms with Crippen molar-refractivity contribution in [1.82, 2.24) is 14.5 Å². The number of nitrogens with zero attached hydrogens (tertiary/aromatic N) is 3. The highest BCUT2D eigenvalue weighted by Crippen LogP contribution is 2.34. The van der Waals surface area contributed by atoms with Gasteiger partial charge in [-0.25, -0.2) is 18.2 Å². The first-order valence-corrected chi connectivity index (χ1v) is 8.82. The number of rotatable bonds is 4. The maximum absolute atomic E-state index is 13.7. The molecule has 2 N–H and O–H groups in total. The predicted molar refractivity (Wildman–Crippen MR) is 90.9 cm³/mol. The molecule has 0 unspecified atom stereocenters. The Hall–Kier alpha value is -2.60. The summed E-state index contributed by atoms with van der Waals surface area (Å²) in [4.78, 5) is 29.1. The first kappa shape index (κ1) is 22.1. The summed E-state index contributed by atoms with van der Waals surface area (Å²) in [6, 6.07) is -1.05. The smallest absolute Gasteiger partial charge is 0.335 e. The van der Waals surface area contributed by atoms with Gasteiger partial charge in [0.1, 0.15) is 5.82 Å². The number of carbonyl (C=O) groups is 2. The zero-order valence-electron chi connectivity index (χ0n) is 14.9. The van der Waals surface area contributed by atoms with Crippen molar-refractivity contribution in [1.29, 1.82) is 0 Å². The van der Waals surface area contributed by atoms with Crippen LogP contribution in [0.1, 0.15) is 28.3 Å². The molecule has 13 heteroatoms. The van der Waals surface area contributed by atoms with E-state index in [1.807, 2.05) is 0 Å². The highest BCUT2D eigenvalue weighted by Gasteiger charge is 2.40. The highest BCUT2D eigenvalue weighted by atomic mass is 35.5. The van der Waals surface area contributed by atoms with Gasteiger partial charge >= 0.3 is 6.18 Å². The number of ketones is 1. The monoisotopic (exact) mass is 454 g/mol. The second-order valence-electron chi connectivity index (χ2n) is 6.56. The number of fused-ring (bicyclic) bond motifs is 1. The fraction of sp³-hybridized carbons (Fsp3) is 0.353. The largest absolute Gasteiger partial charge is 0.449 e. The number of hydrogen-bond acceptors (Lipinski definition) is 4. The second-order valence-corrected chi connectivity index (χ2v) is 6.92. The summed E-state index contributed by atoms with van der Waals surface area (Å²) in [5, 5.41) is -0.413. The van der Waals surface area contributed by atoms with Gasteiger partial charge in [-0.3, -0.25) is 9.59 Å². The van der Waals surface area contributed by atoms with Crippen molar-refractivity contribution in [2.75, 3.05) is 6.54 Å². The molecule has 0 aliphatic carbocycles. The number of nitrogens with two attached hydrogens (primary N) is 1. The fourth-order valence-electron chi connectivity index (χ4n) is 3.08. The zero-order chi connectivity index (χ0) is 22.4. The van der Waals surface area contributed by atoms with Gasteiger partial charge in [0.05, 0.1) is 23.8 Å². The molecule has 2 heterocycles. The lowest BCUT2D eigenvalue weighted by molar-refractivity contribution is -0.148. The summed E-state index contributed by atoms with van der Waals surface area (Å²) >= 11 is 5.76. The van der Waals surface area contributed by atoms with Gasteiger partial charge in [0.2, 0.25) is 11.7 Å². The number of imidazole rings is 1. The van der Waals surface area contributed by atoms with Crippen molar-refractivity contribution >= 4 is 23.3 Å². The molecule has 0 spiro atoms. The lowest BCUT2D eigenvalue weighted by atomic mass is 10.0. The van der Waals surface area contributed by atoms with E-state index in [2.05, 4.69) is 4.98 Å². The summed E-state index contributed by atoms with van der Waals surface area (Å²) < 4.78 is 79.9. The Morgan fingerprint density at radius 2 is 1.77 bits per heavy atom. The number of halogens is 7. The summed E-state index contributed by atoms with van der Waals surface area (Å²) in [7, 11) is 0. The van der Waals surface area contributed by atoms with Gasteiger partial charge in [-0.2, -0.15) is 13.2 Å². The number of hydrogen-bond donors (Lipinski definition) is 1. The minimum Gasteiger partial charge on any atom is -0.335 e. The lowest BCUT2D eigenvalue weighted by Crippen LogP contribution is -2.43. The van der Waals surface area contributed by atoms with Crippen LogP contribution in [-0.2, 0) is 24.1 Å². The molecule has 6 nitrogen and oxygen atoms in total. The number of Topliss-reactive ketones (excluding diaryl/α,β-unsaturated/α-hetero) is 1. The Bertz CT molecular complexity index is 1020. The summed E-state index contributed by atoms with van der Waals surface area (Å²) in [5.41, 5.74) is 4.78. The third-order valence-corrected chi connectivity index (χ3v) is 4.87. The van der Waals surface area contributed by atoms with Crippen LogP contribution in [0.2, 0.25) is 5.15 Å². The van der Waals surface area contributed by atoms with Crippen molar-refractivity contribution in [3.63, 3.8) is 0 Å². The van der Waals surface area contributed by atoms with Crippen LogP contribution in [0.15, 0.2) is 12.1 Å². The molecule has 162 valence electrons.